The highest BCUT2D eigenvalue weighted by Gasteiger charge is 2.48. The van der Waals surface area contributed by atoms with Crippen molar-refractivity contribution < 1.29 is 34.9 Å². The van der Waals surface area contributed by atoms with Gasteiger partial charge in [-0.15, -0.1) is 0 Å². The topological polar surface area (TPSA) is 114 Å². The predicted molar refractivity (Wildman–Crippen MR) is 87.1 cm³/mol. The SMILES string of the molecule is O=S(=O)([O-])CCCC[N+]12CC[N+](CCCCS(=O)(=O)[O-])(CC1)CC2. The van der Waals surface area contributed by atoms with Crippen molar-refractivity contribution in [2.24, 2.45) is 0 Å². The molecule has 3 rings (SSSR count). The lowest BCUT2D eigenvalue weighted by Crippen LogP contribution is -2.75. The lowest BCUT2D eigenvalue weighted by molar-refractivity contribution is -1.08. The van der Waals surface area contributed by atoms with E-state index in [4.69, 9.17) is 0 Å². The number of fused-ring (bicyclic) bond motifs is 3. The third-order valence-electron chi connectivity index (χ3n) is 5.70. The summed E-state index contributed by atoms with van der Waals surface area (Å²) in [5.74, 6) is -0.536. The van der Waals surface area contributed by atoms with Crippen molar-refractivity contribution in [2.45, 2.75) is 25.7 Å². The molecule has 10 heteroatoms. The number of unbranched alkanes of at least 4 members (excludes halogenated alkanes) is 2. The number of nitrogens with zero attached hydrogens (tertiary/aromatic N) is 2. The van der Waals surface area contributed by atoms with Crippen LogP contribution in [0, 0.1) is 0 Å². The van der Waals surface area contributed by atoms with Gasteiger partial charge < -0.3 is 18.1 Å². The summed E-state index contributed by atoms with van der Waals surface area (Å²) in [5, 5.41) is 0. The van der Waals surface area contributed by atoms with E-state index in [-0.39, 0.29) is 11.5 Å². The van der Waals surface area contributed by atoms with Gasteiger partial charge in [0.05, 0.1) is 33.3 Å². The second-order valence-electron chi connectivity index (χ2n) is 7.41. The quantitative estimate of drug-likeness (QED) is 0.279. The van der Waals surface area contributed by atoms with Gasteiger partial charge in [-0.2, -0.15) is 0 Å². The summed E-state index contributed by atoms with van der Waals surface area (Å²) in [7, 11) is -8.20. The summed E-state index contributed by atoms with van der Waals surface area (Å²) in [6.45, 7) is 8.23. The van der Waals surface area contributed by atoms with Gasteiger partial charge in [0, 0.05) is 11.5 Å². The molecule has 0 aromatic carbocycles. The summed E-state index contributed by atoms with van der Waals surface area (Å²) in [5.41, 5.74) is 0. The van der Waals surface area contributed by atoms with Crippen molar-refractivity contribution in [2.75, 3.05) is 63.9 Å². The number of quaternary nitrogens is 2. The summed E-state index contributed by atoms with van der Waals surface area (Å²) in [6, 6.07) is 0. The minimum Gasteiger partial charge on any atom is -0.748 e. The molecule has 142 valence electrons. The highest BCUT2D eigenvalue weighted by molar-refractivity contribution is 7.85. The molecule has 2 bridgehead atoms. The van der Waals surface area contributed by atoms with Gasteiger partial charge in [-0.3, -0.25) is 0 Å². The van der Waals surface area contributed by atoms with Crippen LogP contribution in [0.25, 0.3) is 0 Å². The van der Waals surface area contributed by atoms with Crippen LogP contribution in [0.15, 0.2) is 0 Å². The Morgan fingerprint density at radius 3 is 1.12 bits per heavy atom. The zero-order valence-corrected chi connectivity index (χ0v) is 15.7. The summed E-state index contributed by atoms with van der Waals surface area (Å²) in [4.78, 5) is 0. The molecule has 0 unspecified atom stereocenters. The number of rotatable bonds is 10. The fourth-order valence-corrected chi connectivity index (χ4v) is 5.18. The van der Waals surface area contributed by atoms with Crippen LogP contribution in [0.1, 0.15) is 25.7 Å². The van der Waals surface area contributed by atoms with E-state index >= 15 is 0 Å². The fraction of sp³-hybridized carbons (Fsp3) is 1.00. The van der Waals surface area contributed by atoms with E-state index in [9.17, 15) is 25.9 Å². The van der Waals surface area contributed by atoms with Crippen LogP contribution >= 0.6 is 0 Å². The van der Waals surface area contributed by atoms with Crippen molar-refractivity contribution in [3.8, 4) is 0 Å². The van der Waals surface area contributed by atoms with Crippen molar-refractivity contribution in [1.29, 1.82) is 0 Å². The average Bonchev–Trinajstić information content (AvgIpc) is 2.49. The fourth-order valence-electron chi connectivity index (χ4n) is 4.07. The molecule has 0 atom stereocenters. The highest BCUT2D eigenvalue weighted by atomic mass is 32.2. The number of hydrogen-bond acceptors (Lipinski definition) is 6. The molecule has 3 aliphatic rings. The van der Waals surface area contributed by atoms with E-state index in [1.807, 2.05) is 0 Å². The first-order chi connectivity index (χ1) is 11.0. The predicted octanol–water partition coefficient (Wildman–Crippen LogP) is -0.702. The molecule has 24 heavy (non-hydrogen) atoms. The molecule has 0 aromatic rings. The Bertz CT molecular complexity index is 551. The second kappa shape index (κ2) is 7.55. The molecule has 3 saturated heterocycles. The maximum absolute atomic E-state index is 10.6. The summed E-state index contributed by atoms with van der Waals surface area (Å²) in [6.07, 6.45) is 2.41. The van der Waals surface area contributed by atoms with Gasteiger partial charge in [0.15, 0.2) is 0 Å². The van der Waals surface area contributed by atoms with Crippen LogP contribution in [-0.4, -0.2) is 98.8 Å². The minimum atomic E-state index is -4.10. The third-order valence-corrected chi connectivity index (χ3v) is 7.28. The zero-order valence-electron chi connectivity index (χ0n) is 14.1. The molecule has 3 fully saturated rings. The van der Waals surface area contributed by atoms with Crippen LogP contribution in [0.2, 0.25) is 0 Å². The molecule has 0 amide bonds. The highest BCUT2D eigenvalue weighted by Crippen LogP contribution is 2.27. The monoisotopic (exact) mass is 384 g/mol. The van der Waals surface area contributed by atoms with Crippen LogP contribution in [0.5, 0.6) is 0 Å². The number of piperazine rings is 3. The van der Waals surface area contributed by atoms with Crippen molar-refractivity contribution in [3.63, 3.8) is 0 Å². The summed E-state index contributed by atoms with van der Waals surface area (Å²) >= 11 is 0. The number of hydrogen-bond donors (Lipinski definition) is 0. The van der Waals surface area contributed by atoms with Crippen molar-refractivity contribution in [1.82, 2.24) is 0 Å². The molecule has 0 N–H and O–H groups in total. The van der Waals surface area contributed by atoms with Crippen molar-refractivity contribution >= 4 is 20.2 Å². The van der Waals surface area contributed by atoms with Crippen LogP contribution in [-0.2, 0) is 20.2 Å². The molecule has 3 heterocycles. The van der Waals surface area contributed by atoms with Gasteiger partial charge in [0.1, 0.15) is 39.3 Å². The van der Waals surface area contributed by atoms with Crippen LogP contribution in [0.4, 0.5) is 0 Å². The maximum atomic E-state index is 10.6. The average molecular weight is 385 g/mol. The minimum absolute atomic E-state index is 0.268. The molecular formula is C14H28N2O6S2. The first-order valence-corrected chi connectivity index (χ1v) is 11.8. The molecular weight excluding hydrogens is 356 g/mol. The first-order valence-electron chi connectivity index (χ1n) is 8.61. The standard InChI is InChI=1S/C14H28N2O6S2/c17-23(18,19)13-3-1-5-15-7-10-16(11-8-15,12-9-15)6-2-4-14-24(20,21)22/h1-14H2. The Hall–Kier alpha value is -0.260. The Kier molecular flexibility index (Phi) is 6.31. The molecule has 0 aliphatic carbocycles. The smallest absolute Gasteiger partial charge is 0.129 e. The normalized spacial score (nSPS) is 30.6. The van der Waals surface area contributed by atoms with Gasteiger partial charge in [-0.05, 0) is 25.7 Å². The van der Waals surface area contributed by atoms with Gasteiger partial charge in [-0.1, -0.05) is 0 Å². The van der Waals surface area contributed by atoms with Gasteiger partial charge >= 0.3 is 0 Å². The Morgan fingerprint density at radius 2 is 0.875 bits per heavy atom. The van der Waals surface area contributed by atoms with E-state index in [1.54, 1.807) is 0 Å². The molecule has 0 saturated carbocycles. The zero-order chi connectivity index (χ0) is 17.9. The Labute approximate surface area is 145 Å². The molecule has 0 spiro atoms. The lowest BCUT2D eigenvalue weighted by Gasteiger charge is -2.55. The van der Waals surface area contributed by atoms with E-state index in [0.717, 1.165) is 74.2 Å². The van der Waals surface area contributed by atoms with E-state index < -0.39 is 20.2 Å². The molecule has 3 aliphatic heterocycles. The largest absolute Gasteiger partial charge is 0.748 e. The lowest BCUT2D eigenvalue weighted by atomic mass is 10.0. The van der Waals surface area contributed by atoms with Crippen LogP contribution < -0.4 is 0 Å². The Balaban J connectivity index is 1.71. The second-order valence-corrected chi connectivity index (χ2v) is 10.5. The molecule has 0 radical (unpaired) electrons. The third kappa shape index (κ3) is 6.23. The van der Waals surface area contributed by atoms with E-state index in [0.29, 0.717) is 12.8 Å². The summed E-state index contributed by atoms with van der Waals surface area (Å²) < 4.78 is 65.9. The molecule has 0 aromatic heterocycles. The van der Waals surface area contributed by atoms with Gasteiger partial charge in [0.2, 0.25) is 0 Å². The maximum Gasteiger partial charge on any atom is 0.129 e. The van der Waals surface area contributed by atoms with Gasteiger partial charge in [0.25, 0.3) is 0 Å². The Morgan fingerprint density at radius 1 is 0.583 bits per heavy atom. The van der Waals surface area contributed by atoms with E-state index in [1.165, 1.54) is 0 Å². The van der Waals surface area contributed by atoms with E-state index in [2.05, 4.69) is 0 Å². The van der Waals surface area contributed by atoms with Crippen molar-refractivity contribution in [3.05, 3.63) is 0 Å². The first kappa shape index (κ1) is 20.1. The van der Waals surface area contributed by atoms with Crippen LogP contribution in [0.3, 0.4) is 0 Å². The molecule has 8 nitrogen and oxygen atoms in total. The van der Waals surface area contributed by atoms with Gasteiger partial charge in [-0.25, -0.2) is 16.8 Å².